The van der Waals surface area contributed by atoms with Gasteiger partial charge in [-0.3, -0.25) is 4.98 Å². The van der Waals surface area contributed by atoms with Crippen LogP contribution in [0.4, 0.5) is 5.69 Å². The molecule has 1 aliphatic carbocycles. The Morgan fingerprint density at radius 2 is 2.22 bits per heavy atom. The second-order valence-corrected chi connectivity index (χ2v) is 5.60. The van der Waals surface area contributed by atoms with E-state index >= 15 is 0 Å². The molecule has 3 rings (SSSR count). The van der Waals surface area contributed by atoms with Gasteiger partial charge >= 0.3 is 0 Å². The van der Waals surface area contributed by atoms with Crippen LogP contribution in [0.1, 0.15) is 29.3 Å². The van der Waals surface area contributed by atoms with E-state index in [1.165, 1.54) is 22.5 Å². The molecule has 0 saturated heterocycles. The van der Waals surface area contributed by atoms with Crippen molar-refractivity contribution in [2.24, 2.45) is 0 Å². The first kappa shape index (κ1) is 11.7. The maximum Gasteiger partial charge on any atom is 0.0691 e. The van der Waals surface area contributed by atoms with Crippen molar-refractivity contribution in [2.75, 3.05) is 5.32 Å². The molecule has 0 amide bonds. The number of rotatable bonds is 2. The van der Waals surface area contributed by atoms with Crippen LogP contribution in [0.25, 0.3) is 0 Å². The molecule has 0 aliphatic heterocycles. The minimum atomic E-state index is 0.349. The van der Waals surface area contributed by atoms with E-state index in [-0.39, 0.29) is 0 Å². The Balaban J connectivity index is 1.84. The van der Waals surface area contributed by atoms with Crippen molar-refractivity contribution in [1.29, 1.82) is 0 Å². The standard InChI is InChI=1S/C15H15BrN2/c1-10-9-12(5-6-13(10)16)18-14-7-4-11-3-2-8-17-15(11)14/h2-3,5-6,8-9,14,18H,4,7H2,1H3. The first-order valence-corrected chi connectivity index (χ1v) is 7.00. The Bertz CT molecular complexity index is 580. The highest BCUT2D eigenvalue weighted by molar-refractivity contribution is 9.10. The molecule has 0 fully saturated rings. The second kappa shape index (κ2) is 4.73. The average molecular weight is 303 g/mol. The summed E-state index contributed by atoms with van der Waals surface area (Å²) in [5, 5.41) is 3.58. The van der Waals surface area contributed by atoms with Gasteiger partial charge in [0.05, 0.1) is 11.7 Å². The van der Waals surface area contributed by atoms with Gasteiger partial charge in [0, 0.05) is 16.4 Å². The van der Waals surface area contributed by atoms with E-state index in [1.807, 2.05) is 12.3 Å². The second-order valence-electron chi connectivity index (χ2n) is 4.75. The van der Waals surface area contributed by atoms with E-state index in [2.05, 4.69) is 57.4 Å². The smallest absolute Gasteiger partial charge is 0.0691 e. The summed E-state index contributed by atoms with van der Waals surface area (Å²) in [6.07, 6.45) is 4.13. The van der Waals surface area contributed by atoms with Gasteiger partial charge in [0.15, 0.2) is 0 Å². The fourth-order valence-corrected chi connectivity index (χ4v) is 2.74. The average Bonchev–Trinajstić information content (AvgIpc) is 2.78. The third-order valence-electron chi connectivity index (χ3n) is 3.46. The van der Waals surface area contributed by atoms with Crippen LogP contribution in [-0.4, -0.2) is 4.98 Å². The van der Waals surface area contributed by atoms with Crippen molar-refractivity contribution >= 4 is 21.6 Å². The van der Waals surface area contributed by atoms with Crippen LogP contribution in [-0.2, 0) is 6.42 Å². The van der Waals surface area contributed by atoms with Crippen LogP contribution in [0, 0.1) is 6.92 Å². The van der Waals surface area contributed by atoms with Crippen LogP contribution < -0.4 is 5.32 Å². The molecule has 1 aliphatic rings. The predicted octanol–water partition coefficient (Wildman–Crippen LogP) is 4.25. The molecule has 1 heterocycles. The summed E-state index contributed by atoms with van der Waals surface area (Å²) >= 11 is 3.53. The first-order valence-electron chi connectivity index (χ1n) is 6.20. The Morgan fingerprint density at radius 1 is 1.33 bits per heavy atom. The topological polar surface area (TPSA) is 24.9 Å². The zero-order valence-electron chi connectivity index (χ0n) is 10.3. The fraction of sp³-hybridized carbons (Fsp3) is 0.267. The lowest BCUT2D eigenvalue weighted by Gasteiger charge is -2.15. The van der Waals surface area contributed by atoms with E-state index in [4.69, 9.17) is 0 Å². The van der Waals surface area contributed by atoms with Gasteiger partial charge in [0.1, 0.15) is 0 Å². The van der Waals surface area contributed by atoms with Crippen LogP contribution >= 0.6 is 15.9 Å². The molecule has 2 nitrogen and oxygen atoms in total. The number of anilines is 1. The summed E-state index contributed by atoms with van der Waals surface area (Å²) in [4.78, 5) is 4.51. The molecule has 1 atom stereocenters. The molecule has 1 unspecified atom stereocenters. The minimum absolute atomic E-state index is 0.349. The summed E-state index contributed by atoms with van der Waals surface area (Å²) in [5.41, 5.74) is 5.00. The van der Waals surface area contributed by atoms with Crippen LogP contribution in [0.15, 0.2) is 41.0 Å². The normalized spacial score (nSPS) is 17.6. The highest BCUT2D eigenvalue weighted by Crippen LogP contribution is 2.32. The monoisotopic (exact) mass is 302 g/mol. The summed E-state index contributed by atoms with van der Waals surface area (Å²) in [5.74, 6) is 0. The summed E-state index contributed by atoms with van der Waals surface area (Å²) in [6.45, 7) is 2.11. The molecule has 0 bridgehead atoms. The Morgan fingerprint density at radius 3 is 3.06 bits per heavy atom. The van der Waals surface area contributed by atoms with E-state index in [9.17, 15) is 0 Å². The number of nitrogens with one attached hydrogen (secondary N) is 1. The van der Waals surface area contributed by atoms with E-state index < -0.39 is 0 Å². The molecule has 1 aromatic heterocycles. The number of halogens is 1. The third kappa shape index (κ3) is 2.15. The van der Waals surface area contributed by atoms with Crippen molar-refractivity contribution in [2.45, 2.75) is 25.8 Å². The number of hydrogen-bond acceptors (Lipinski definition) is 2. The van der Waals surface area contributed by atoms with E-state index in [1.54, 1.807) is 0 Å². The number of aromatic nitrogens is 1. The predicted molar refractivity (Wildman–Crippen MR) is 77.8 cm³/mol. The lowest BCUT2D eigenvalue weighted by molar-refractivity contribution is 0.746. The Kier molecular flexibility index (Phi) is 3.08. The number of aryl methyl sites for hydroxylation is 2. The van der Waals surface area contributed by atoms with Crippen LogP contribution in [0.5, 0.6) is 0 Å². The molecule has 0 radical (unpaired) electrons. The van der Waals surface area contributed by atoms with Crippen molar-refractivity contribution in [3.63, 3.8) is 0 Å². The third-order valence-corrected chi connectivity index (χ3v) is 4.35. The van der Waals surface area contributed by atoms with Gasteiger partial charge in [-0.2, -0.15) is 0 Å². The van der Waals surface area contributed by atoms with Gasteiger partial charge in [-0.25, -0.2) is 0 Å². The van der Waals surface area contributed by atoms with Gasteiger partial charge in [-0.1, -0.05) is 22.0 Å². The zero-order chi connectivity index (χ0) is 12.5. The minimum Gasteiger partial charge on any atom is -0.377 e. The maximum atomic E-state index is 4.51. The number of nitrogens with zero attached hydrogens (tertiary/aromatic N) is 1. The van der Waals surface area contributed by atoms with Gasteiger partial charge < -0.3 is 5.32 Å². The van der Waals surface area contributed by atoms with Crippen molar-refractivity contribution < 1.29 is 0 Å². The van der Waals surface area contributed by atoms with Gasteiger partial charge in [-0.05, 0) is 55.2 Å². The number of fused-ring (bicyclic) bond motifs is 1. The largest absolute Gasteiger partial charge is 0.377 e. The lowest BCUT2D eigenvalue weighted by atomic mass is 10.1. The summed E-state index contributed by atoms with van der Waals surface area (Å²) in [7, 11) is 0. The Hall–Kier alpha value is -1.35. The lowest BCUT2D eigenvalue weighted by Crippen LogP contribution is -2.08. The van der Waals surface area contributed by atoms with E-state index in [0.29, 0.717) is 6.04 Å². The molecule has 1 N–H and O–H groups in total. The quantitative estimate of drug-likeness (QED) is 0.897. The number of benzene rings is 1. The van der Waals surface area contributed by atoms with Crippen LogP contribution in [0.3, 0.4) is 0 Å². The van der Waals surface area contributed by atoms with Gasteiger partial charge in [-0.15, -0.1) is 0 Å². The zero-order valence-corrected chi connectivity index (χ0v) is 11.9. The van der Waals surface area contributed by atoms with Gasteiger partial charge in [0.25, 0.3) is 0 Å². The molecule has 2 aromatic rings. The van der Waals surface area contributed by atoms with Crippen molar-refractivity contribution in [1.82, 2.24) is 4.98 Å². The van der Waals surface area contributed by atoms with Crippen molar-refractivity contribution in [3.05, 3.63) is 57.8 Å². The molecule has 92 valence electrons. The summed E-state index contributed by atoms with van der Waals surface area (Å²) < 4.78 is 1.15. The van der Waals surface area contributed by atoms with Crippen molar-refractivity contribution in [3.8, 4) is 0 Å². The SMILES string of the molecule is Cc1cc(NC2CCc3cccnc32)ccc1Br. The van der Waals surface area contributed by atoms with E-state index in [0.717, 1.165) is 17.3 Å². The molecular formula is C15H15BrN2. The molecule has 18 heavy (non-hydrogen) atoms. The van der Waals surface area contributed by atoms with Crippen LogP contribution in [0.2, 0.25) is 0 Å². The first-order chi connectivity index (χ1) is 8.74. The molecule has 3 heteroatoms. The highest BCUT2D eigenvalue weighted by atomic mass is 79.9. The molecule has 0 saturated carbocycles. The molecule has 1 aromatic carbocycles. The Labute approximate surface area is 116 Å². The summed E-state index contributed by atoms with van der Waals surface area (Å²) in [6, 6.07) is 10.9. The molecule has 0 spiro atoms. The maximum absolute atomic E-state index is 4.51. The highest BCUT2D eigenvalue weighted by Gasteiger charge is 2.23. The fourth-order valence-electron chi connectivity index (χ4n) is 2.49. The van der Waals surface area contributed by atoms with Gasteiger partial charge in [0.2, 0.25) is 0 Å². The number of pyridine rings is 1. The molecular weight excluding hydrogens is 288 g/mol. The number of hydrogen-bond donors (Lipinski definition) is 1.